The van der Waals surface area contributed by atoms with Crippen LogP contribution in [0.15, 0.2) is 30.2 Å². The van der Waals surface area contributed by atoms with E-state index in [1.165, 1.54) is 16.9 Å². The third kappa shape index (κ3) is 1.90. The van der Waals surface area contributed by atoms with Crippen molar-refractivity contribution in [2.45, 2.75) is 13.5 Å². The maximum Gasteiger partial charge on any atom is 0.193 e. The number of ketones is 1. The predicted molar refractivity (Wildman–Crippen MR) is 55.6 cm³/mol. The number of carbonyl (C=O) groups excluding carboxylic acids is 1. The van der Waals surface area contributed by atoms with Gasteiger partial charge in [0.1, 0.15) is 0 Å². The van der Waals surface area contributed by atoms with Crippen LogP contribution in [0.4, 0.5) is 0 Å². The van der Waals surface area contributed by atoms with Gasteiger partial charge in [-0.15, -0.1) is 11.3 Å². The second-order valence-corrected chi connectivity index (χ2v) is 4.04. The molecule has 0 amide bonds. The highest BCUT2D eigenvalue weighted by Crippen LogP contribution is 2.08. The molecule has 0 saturated carbocycles. The van der Waals surface area contributed by atoms with Crippen molar-refractivity contribution < 1.29 is 4.79 Å². The monoisotopic (exact) mass is 206 g/mol. The van der Waals surface area contributed by atoms with E-state index < -0.39 is 0 Å². The van der Waals surface area contributed by atoms with Crippen LogP contribution in [-0.4, -0.2) is 15.3 Å². The van der Waals surface area contributed by atoms with E-state index in [4.69, 9.17) is 0 Å². The van der Waals surface area contributed by atoms with Gasteiger partial charge in [-0.2, -0.15) is 0 Å². The lowest BCUT2D eigenvalue weighted by atomic mass is 10.3. The molecule has 0 radical (unpaired) electrons. The number of thiazole rings is 1. The molecule has 0 aromatic carbocycles. The Hall–Kier alpha value is -1.42. The van der Waals surface area contributed by atoms with Crippen LogP contribution >= 0.6 is 11.3 Å². The molecule has 0 atom stereocenters. The molecule has 14 heavy (non-hydrogen) atoms. The summed E-state index contributed by atoms with van der Waals surface area (Å²) in [5.41, 5.74) is 2.84. The van der Waals surface area contributed by atoms with Gasteiger partial charge in [0.15, 0.2) is 5.78 Å². The van der Waals surface area contributed by atoms with E-state index in [0.717, 1.165) is 4.88 Å². The smallest absolute Gasteiger partial charge is 0.193 e. The first-order valence-corrected chi connectivity index (χ1v) is 5.18. The summed E-state index contributed by atoms with van der Waals surface area (Å²) >= 11 is 1.38. The molecule has 3 nitrogen and oxygen atoms in total. The van der Waals surface area contributed by atoms with Gasteiger partial charge in [0, 0.05) is 18.6 Å². The summed E-state index contributed by atoms with van der Waals surface area (Å²) in [5, 5.41) is 0. The first kappa shape index (κ1) is 9.15. The lowest BCUT2D eigenvalue weighted by molar-refractivity contribution is 0.0976. The molecule has 0 aliphatic heterocycles. The van der Waals surface area contributed by atoms with E-state index in [2.05, 4.69) is 4.98 Å². The fraction of sp³-hybridized carbons (Fsp3) is 0.200. The minimum atomic E-state index is 0.114. The maximum absolute atomic E-state index is 11.6. The zero-order chi connectivity index (χ0) is 9.97. The highest BCUT2D eigenvalue weighted by molar-refractivity contribution is 7.11. The van der Waals surface area contributed by atoms with Crippen molar-refractivity contribution in [2.75, 3.05) is 0 Å². The summed E-state index contributed by atoms with van der Waals surface area (Å²) in [6.07, 6.45) is 5.48. The fourth-order valence-corrected chi connectivity index (χ4v) is 1.81. The molecule has 2 aromatic rings. The number of aryl methyl sites for hydroxylation is 1. The van der Waals surface area contributed by atoms with Crippen molar-refractivity contribution in [3.05, 3.63) is 40.6 Å². The van der Waals surface area contributed by atoms with Crippen LogP contribution in [-0.2, 0) is 6.54 Å². The second kappa shape index (κ2) is 3.75. The lowest BCUT2D eigenvalue weighted by Gasteiger charge is -1.98. The number of aromatic nitrogens is 2. The molecule has 0 N–H and O–H groups in total. The van der Waals surface area contributed by atoms with Crippen LogP contribution in [0.5, 0.6) is 0 Å². The highest BCUT2D eigenvalue weighted by atomic mass is 32.1. The Morgan fingerprint density at radius 3 is 3.07 bits per heavy atom. The van der Waals surface area contributed by atoms with Crippen molar-refractivity contribution >= 4 is 17.1 Å². The summed E-state index contributed by atoms with van der Waals surface area (Å²) in [6, 6.07) is 1.99. The number of hydrogen-bond donors (Lipinski definition) is 0. The average molecular weight is 206 g/mol. The largest absolute Gasteiger partial charge is 0.346 e. The van der Waals surface area contributed by atoms with Crippen LogP contribution < -0.4 is 0 Å². The van der Waals surface area contributed by atoms with Gasteiger partial charge in [-0.05, 0) is 18.6 Å². The molecule has 0 bridgehead atoms. The SMILES string of the molecule is Cc1ccn(CC(=O)c2cncs2)c1. The van der Waals surface area contributed by atoms with Crippen LogP contribution in [0.2, 0.25) is 0 Å². The molecule has 2 heterocycles. The molecular formula is C10H10N2OS. The van der Waals surface area contributed by atoms with E-state index in [-0.39, 0.29) is 5.78 Å². The van der Waals surface area contributed by atoms with E-state index in [9.17, 15) is 4.79 Å². The number of hydrogen-bond acceptors (Lipinski definition) is 3. The van der Waals surface area contributed by atoms with Gasteiger partial charge in [0.25, 0.3) is 0 Å². The molecule has 72 valence electrons. The molecule has 0 aliphatic carbocycles. The zero-order valence-electron chi connectivity index (χ0n) is 7.80. The Labute approximate surface area is 86.0 Å². The van der Waals surface area contributed by atoms with Gasteiger partial charge in [-0.1, -0.05) is 0 Å². The van der Waals surface area contributed by atoms with Gasteiger partial charge in [-0.3, -0.25) is 9.78 Å². The van der Waals surface area contributed by atoms with Crippen molar-refractivity contribution in [3.63, 3.8) is 0 Å². The molecular weight excluding hydrogens is 196 g/mol. The molecule has 2 rings (SSSR count). The van der Waals surface area contributed by atoms with Gasteiger partial charge in [-0.25, -0.2) is 0 Å². The molecule has 2 aromatic heterocycles. The molecule has 0 saturated heterocycles. The van der Waals surface area contributed by atoms with Gasteiger partial charge >= 0.3 is 0 Å². The van der Waals surface area contributed by atoms with Crippen LogP contribution in [0, 0.1) is 6.92 Å². The number of Topliss-reactive ketones (excluding diaryl/α,β-unsaturated/α-hetero) is 1. The quantitative estimate of drug-likeness (QED) is 0.721. The van der Waals surface area contributed by atoms with Gasteiger partial charge < -0.3 is 4.57 Å². The normalized spacial score (nSPS) is 10.4. The molecule has 0 aliphatic rings. The van der Waals surface area contributed by atoms with Crippen molar-refractivity contribution in [2.24, 2.45) is 0 Å². The van der Waals surface area contributed by atoms with E-state index in [1.54, 1.807) is 11.7 Å². The first-order valence-electron chi connectivity index (χ1n) is 4.30. The summed E-state index contributed by atoms with van der Waals surface area (Å²) in [6.45, 7) is 2.41. The van der Waals surface area contributed by atoms with E-state index in [1.807, 2.05) is 30.0 Å². The molecule has 0 fully saturated rings. The molecule has 0 spiro atoms. The molecule has 4 heteroatoms. The Kier molecular flexibility index (Phi) is 2.45. The summed E-state index contributed by atoms with van der Waals surface area (Å²) in [7, 11) is 0. The Bertz CT molecular complexity index is 431. The number of nitrogens with zero attached hydrogens (tertiary/aromatic N) is 2. The van der Waals surface area contributed by atoms with Crippen molar-refractivity contribution in [1.82, 2.24) is 9.55 Å². The lowest BCUT2D eigenvalue weighted by Crippen LogP contribution is -2.06. The molecule has 0 unspecified atom stereocenters. The van der Waals surface area contributed by atoms with Crippen LogP contribution in [0.3, 0.4) is 0 Å². The Morgan fingerprint density at radius 2 is 2.50 bits per heavy atom. The standard InChI is InChI=1S/C10H10N2OS/c1-8-2-3-12(5-8)6-9(13)10-4-11-7-14-10/h2-5,7H,6H2,1H3. The Morgan fingerprint density at radius 1 is 1.64 bits per heavy atom. The first-order chi connectivity index (χ1) is 6.75. The minimum Gasteiger partial charge on any atom is -0.346 e. The number of carbonyl (C=O) groups is 1. The summed E-state index contributed by atoms with van der Waals surface area (Å²) in [4.78, 5) is 16.2. The van der Waals surface area contributed by atoms with Gasteiger partial charge in [0.05, 0.1) is 16.9 Å². The van der Waals surface area contributed by atoms with Gasteiger partial charge in [0.2, 0.25) is 0 Å². The third-order valence-corrected chi connectivity index (χ3v) is 2.75. The van der Waals surface area contributed by atoms with Crippen molar-refractivity contribution in [1.29, 1.82) is 0 Å². The second-order valence-electron chi connectivity index (χ2n) is 3.15. The minimum absolute atomic E-state index is 0.114. The summed E-state index contributed by atoms with van der Waals surface area (Å²) < 4.78 is 1.89. The Balaban J connectivity index is 2.09. The zero-order valence-corrected chi connectivity index (χ0v) is 8.62. The van der Waals surface area contributed by atoms with Crippen LogP contribution in [0.1, 0.15) is 15.2 Å². The maximum atomic E-state index is 11.6. The fourth-order valence-electron chi connectivity index (χ4n) is 1.26. The number of rotatable bonds is 3. The topological polar surface area (TPSA) is 34.9 Å². The van der Waals surface area contributed by atoms with E-state index in [0.29, 0.717) is 6.54 Å². The van der Waals surface area contributed by atoms with E-state index >= 15 is 0 Å². The predicted octanol–water partition coefficient (Wildman–Crippen LogP) is 2.14. The average Bonchev–Trinajstić information content (AvgIpc) is 2.75. The third-order valence-electron chi connectivity index (χ3n) is 1.93. The summed E-state index contributed by atoms with van der Waals surface area (Å²) in [5.74, 6) is 0.114. The van der Waals surface area contributed by atoms with Crippen molar-refractivity contribution in [3.8, 4) is 0 Å². The highest BCUT2D eigenvalue weighted by Gasteiger charge is 2.07. The van der Waals surface area contributed by atoms with Crippen LogP contribution in [0.25, 0.3) is 0 Å².